The summed E-state index contributed by atoms with van der Waals surface area (Å²) in [5.41, 5.74) is 3.18. The molecule has 6 atom stereocenters. The third kappa shape index (κ3) is 4.93. The van der Waals surface area contributed by atoms with Gasteiger partial charge in [-0.1, -0.05) is 81.1 Å². The maximum atomic E-state index is 14.3. The highest BCUT2D eigenvalue weighted by Gasteiger charge is 2.45. The standard InChI is InChI=1S/C33H40N2O2/c1-2-23-22-35-20-18-26(23)21-30(35)32(28-17-19-34-29-16-10-9-15-27(28)29)37-33(36)31(24-11-5-3-6-12-24)25-13-7-4-8-14-25/h3,5-6,9-12,15-17,19,23,25-26,30-32H,2,4,7-8,13-14,18,20-22H2,1H3/t23-,26+,30+,31?,32-/m0/s1. The predicted octanol–water partition coefficient (Wildman–Crippen LogP) is 7.30. The van der Waals surface area contributed by atoms with E-state index in [-0.39, 0.29) is 24.0 Å². The number of piperidine rings is 3. The van der Waals surface area contributed by atoms with E-state index in [4.69, 9.17) is 4.74 Å². The summed E-state index contributed by atoms with van der Waals surface area (Å²) in [5.74, 6) is 1.59. The fourth-order valence-corrected chi connectivity index (χ4v) is 7.60. The number of rotatable bonds is 7. The van der Waals surface area contributed by atoms with E-state index in [2.05, 4.69) is 65.3 Å². The first kappa shape index (κ1) is 24.6. The molecule has 2 bridgehead atoms. The lowest BCUT2D eigenvalue weighted by molar-refractivity contribution is -0.161. The molecule has 1 saturated carbocycles. The van der Waals surface area contributed by atoms with Crippen LogP contribution in [0.3, 0.4) is 0 Å². The van der Waals surface area contributed by atoms with Gasteiger partial charge in [-0.05, 0) is 67.7 Å². The van der Waals surface area contributed by atoms with Crippen LogP contribution >= 0.6 is 0 Å². The fourth-order valence-electron chi connectivity index (χ4n) is 7.60. The minimum atomic E-state index is -0.282. The van der Waals surface area contributed by atoms with E-state index in [0.717, 1.165) is 66.2 Å². The number of esters is 1. The molecule has 1 aromatic heterocycles. The lowest BCUT2D eigenvalue weighted by Crippen LogP contribution is -2.55. The van der Waals surface area contributed by atoms with Gasteiger partial charge in [0.1, 0.15) is 6.10 Å². The lowest BCUT2D eigenvalue weighted by atomic mass is 9.72. The van der Waals surface area contributed by atoms with E-state index < -0.39 is 0 Å². The molecule has 2 aromatic carbocycles. The molecule has 4 fully saturated rings. The summed E-state index contributed by atoms with van der Waals surface area (Å²) in [6, 6.07) is 21.0. The second-order valence-electron chi connectivity index (χ2n) is 11.6. The quantitative estimate of drug-likeness (QED) is 0.322. The summed E-state index contributed by atoms with van der Waals surface area (Å²) >= 11 is 0. The molecule has 0 spiro atoms. The molecule has 3 saturated heterocycles. The van der Waals surface area contributed by atoms with Crippen molar-refractivity contribution in [2.24, 2.45) is 17.8 Å². The van der Waals surface area contributed by atoms with Crippen LogP contribution in [0.15, 0.2) is 66.9 Å². The molecule has 37 heavy (non-hydrogen) atoms. The summed E-state index contributed by atoms with van der Waals surface area (Å²) in [6.45, 7) is 4.55. The summed E-state index contributed by atoms with van der Waals surface area (Å²) in [4.78, 5) is 21.5. The number of aromatic nitrogens is 1. The molecule has 3 aromatic rings. The smallest absolute Gasteiger partial charge is 0.314 e. The number of hydrogen-bond donors (Lipinski definition) is 0. The van der Waals surface area contributed by atoms with Gasteiger partial charge < -0.3 is 4.74 Å². The molecular formula is C33H40N2O2. The van der Waals surface area contributed by atoms with Crippen molar-refractivity contribution in [3.05, 3.63) is 78.0 Å². The Morgan fingerprint density at radius 1 is 1.00 bits per heavy atom. The second-order valence-corrected chi connectivity index (χ2v) is 11.6. The number of benzene rings is 2. The Hall–Kier alpha value is -2.72. The SMILES string of the molecule is CC[C@H]1CN2CC[C@@H]1C[C@@H]2[C@@H](OC(=O)C(c1ccccc1)C1CCCCC1)c1ccnc2ccccc12. The molecule has 0 N–H and O–H groups in total. The normalized spacial score (nSPS) is 27.6. The van der Waals surface area contributed by atoms with Crippen LogP contribution in [-0.4, -0.2) is 35.0 Å². The van der Waals surface area contributed by atoms with Gasteiger partial charge in [0, 0.05) is 23.7 Å². The zero-order valence-electron chi connectivity index (χ0n) is 22.1. The van der Waals surface area contributed by atoms with E-state index >= 15 is 0 Å². The van der Waals surface area contributed by atoms with Gasteiger partial charge in [-0.3, -0.25) is 14.7 Å². The number of carbonyl (C=O) groups is 1. The second kappa shape index (κ2) is 10.9. The molecule has 4 nitrogen and oxygen atoms in total. The van der Waals surface area contributed by atoms with Crippen LogP contribution in [0.4, 0.5) is 0 Å². The van der Waals surface area contributed by atoms with Crippen molar-refractivity contribution in [1.82, 2.24) is 9.88 Å². The van der Waals surface area contributed by atoms with Crippen LogP contribution in [-0.2, 0) is 9.53 Å². The summed E-state index contributed by atoms with van der Waals surface area (Å²) < 4.78 is 6.77. The van der Waals surface area contributed by atoms with Crippen molar-refractivity contribution in [3.63, 3.8) is 0 Å². The molecular weight excluding hydrogens is 456 g/mol. The van der Waals surface area contributed by atoms with Gasteiger partial charge in [0.25, 0.3) is 0 Å². The number of hydrogen-bond acceptors (Lipinski definition) is 4. The van der Waals surface area contributed by atoms with E-state index in [0.29, 0.717) is 5.92 Å². The van der Waals surface area contributed by atoms with Crippen molar-refractivity contribution >= 4 is 16.9 Å². The molecule has 194 valence electrons. The van der Waals surface area contributed by atoms with Gasteiger partial charge in [-0.25, -0.2) is 0 Å². The summed E-state index contributed by atoms with van der Waals surface area (Å²) in [7, 11) is 0. The Bertz CT molecular complexity index is 1200. The number of carbonyl (C=O) groups excluding carboxylic acids is 1. The highest BCUT2D eigenvalue weighted by molar-refractivity contribution is 5.83. The molecule has 4 heteroatoms. The maximum Gasteiger partial charge on any atom is 0.314 e. The number of nitrogens with zero attached hydrogens (tertiary/aromatic N) is 2. The van der Waals surface area contributed by atoms with E-state index in [1.807, 2.05) is 18.3 Å². The Morgan fingerprint density at radius 3 is 2.54 bits per heavy atom. The first-order valence-corrected chi connectivity index (χ1v) is 14.6. The molecule has 4 heterocycles. The van der Waals surface area contributed by atoms with Crippen molar-refractivity contribution in [2.75, 3.05) is 13.1 Å². The number of fused-ring (bicyclic) bond motifs is 4. The minimum Gasteiger partial charge on any atom is -0.455 e. The van der Waals surface area contributed by atoms with Gasteiger partial charge in [0.05, 0.1) is 17.5 Å². The fraction of sp³-hybridized carbons (Fsp3) is 0.515. The van der Waals surface area contributed by atoms with Crippen LogP contribution in [0.25, 0.3) is 10.9 Å². The molecule has 4 aliphatic rings. The Kier molecular flexibility index (Phi) is 7.28. The van der Waals surface area contributed by atoms with Crippen LogP contribution in [0, 0.1) is 17.8 Å². The molecule has 0 amide bonds. The van der Waals surface area contributed by atoms with Crippen molar-refractivity contribution < 1.29 is 9.53 Å². The van der Waals surface area contributed by atoms with Crippen LogP contribution in [0.5, 0.6) is 0 Å². The zero-order chi connectivity index (χ0) is 25.2. The number of para-hydroxylation sites is 1. The maximum absolute atomic E-state index is 14.3. The van der Waals surface area contributed by atoms with Crippen molar-refractivity contribution in [2.45, 2.75) is 76.4 Å². The Balaban J connectivity index is 1.37. The summed E-state index contributed by atoms with van der Waals surface area (Å²) in [5, 5.41) is 1.10. The van der Waals surface area contributed by atoms with Crippen molar-refractivity contribution in [3.8, 4) is 0 Å². The van der Waals surface area contributed by atoms with Crippen molar-refractivity contribution in [1.29, 1.82) is 0 Å². The minimum absolute atomic E-state index is 0.0429. The number of pyridine rings is 1. The monoisotopic (exact) mass is 496 g/mol. The van der Waals surface area contributed by atoms with Gasteiger partial charge in [-0.2, -0.15) is 0 Å². The van der Waals surface area contributed by atoms with Gasteiger partial charge in [-0.15, -0.1) is 0 Å². The highest BCUT2D eigenvalue weighted by Crippen LogP contribution is 2.45. The van der Waals surface area contributed by atoms with Crippen LogP contribution in [0.1, 0.15) is 81.4 Å². The third-order valence-corrected chi connectivity index (χ3v) is 9.58. The molecule has 3 aliphatic heterocycles. The molecule has 7 rings (SSSR count). The predicted molar refractivity (Wildman–Crippen MR) is 148 cm³/mol. The van der Waals surface area contributed by atoms with Gasteiger partial charge in [0.15, 0.2) is 0 Å². The van der Waals surface area contributed by atoms with Crippen LogP contribution in [0.2, 0.25) is 0 Å². The first-order chi connectivity index (χ1) is 18.2. The van der Waals surface area contributed by atoms with E-state index in [9.17, 15) is 4.79 Å². The first-order valence-electron chi connectivity index (χ1n) is 14.6. The molecule has 2 unspecified atom stereocenters. The Labute approximate surface area is 221 Å². The highest BCUT2D eigenvalue weighted by atomic mass is 16.5. The lowest BCUT2D eigenvalue weighted by Gasteiger charge is -2.52. The van der Waals surface area contributed by atoms with Gasteiger partial charge >= 0.3 is 5.97 Å². The van der Waals surface area contributed by atoms with E-state index in [1.165, 1.54) is 32.1 Å². The summed E-state index contributed by atoms with van der Waals surface area (Å²) in [6.07, 6.45) is 11.1. The average Bonchev–Trinajstić information content (AvgIpc) is 2.97. The molecule has 1 aliphatic carbocycles. The number of ether oxygens (including phenoxy) is 1. The van der Waals surface area contributed by atoms with E-state index in [1.54, 1.807) is 0 Å². The third-order valence-electron chi connectivity index (χ3n) is 9.58. The topological polar surface area (TPSA) is 42.4 Å². The largest absolute Gasteiger partial charge is 0.455 e. The molecule has 0 radical (unpaired) electrons. The Morgan fingerprint density at radius 2 is 1.78 bits per heavy atom. The van der Waals surface area contributed by atoms with Gasteiger partial charge in [0.2, 0.25) is 0 Å². The zero-order valence-corrected chi connectivity index (χ0v) is 22.1. The average molecular weight is 497 g/mol. The van der Waals surface area contributed by atoms with Crippen LogP contribution < -0.4 is 0 Å².